The monoisotopic (exact) mass is 233 g/mol. The smallest absolute Gasteiger partial charge is 0.0771 e. The molecule has 2 unspecified atom stereocenters. The molecule has 0 aliphatic heterocycles. The number of thioether (sulfide) groups is 1. The largest absolute Gasteiger partial charge is 0.395 e. The van der Waals surface area contributed by atoms with Crippen LogP contribution in [0.1, 0.15) is 32.6 Å². The minimum Gasteiger partial charge on any atom is -0.395 e. The summed E-state index contributed by atoms with van der Waals surface area (Å²) < 4.78 is 0. The van der Waals surface area contributed by atoms with E-state index < -0.39 is 5.60 Å². The number of aliphatic hydroxyl groups excluding tert-OH is 1. The van der Waals surface area contributed by atoms with Crippen molar-refractivity contribution in [3.8, 4) is 0 Å². The van der Waals surface area contributed by atoms with Crippen molar-refractivity contribution in [2.45, 2.75) is 49.5 Å². The van der Waals surface area contributed by atoms with Crippen LogP contribution in [0.2, 0.25) is 0 Å². The van der Waals surface area contributed by atoms with E-state index in [-0.39, 0.29) is 17.9 Å². The van der Waals surface area contributed by atoms with E-state index in [0.717, 1.165) is 25.7 Å². The highest BCUT2D eigenvalue weighted by molar-refractivity contribution is 7.99. The summed E-state index contributed by atoms with van der Waals surface area (Å²) in [5, 5.41) is 22.8. The summed E-state index contributed by atoms with van der Waals surface area (Å²) in [5.41, 5.74) is -0.493. The molecule has 3 nitrogen and oxygen atoms in total. The number of hydrogen-bond acceptors (Lipinski definition) is 4. The Morgan fingerprint density at radius 3 is 2.47 bits per heavy atom. The summed E-state index contributed by atoms with van der Waals surface area (Å²) in [4.78, 5) is 0. The molecule has 1 aliphatic rings. The molecule has 0 heterocycles. The van der Waals surface area contributed by atoms with Crippen LogP contribution in [0.15, 0.2) is 0 Å². The zero-order chi connectivity index (χ0) is 11.3. The van der Waals surface area contributed by atoms with Gasteiger partial charge in [0.05, 0.1) is 12.2 Å². The van der Waals surface area contributed by atoms with Crippen LogP contribution in [0.25, 0.3) is 0 Å². The van der Waals surface area contributed by atoms with E-state index in [1.54, 1.807) is 11.8 Å². The summed E-state index contributed by atoms with van der Waals surface area (Å²) in [6, 6.07) is 0.245. The lowest BCUT2D eigenvalue weighted by molar-refractivity contribution is 0.0447. The van der Waals surface area contributed by atoms with Crippen LogP contribution in [0, 0.1) is 0 Å². The minimum absolute atomic E-state index is 0.188. The molecule has 1 aliphatic carbocycles. The highest BCUT2D eigenvalue weighted by atomic mass is 32.2. The number of aliphatic hydroxyl groups is 2. The Morgan fingerprint density at radius 2 is 2.00 bits per heavy atom. The molecule has 1 saturated carbocycles. The highest BCUT2D eigenvalue weighted by Gasteiger charge is 2.31. The van der Waals surface area contributed by atoms with E-state index in [0.29, 0.717) is 6.54 Å². The molecule has 15 heavy (non-hydrogen) atoms. The molecule has 0 saturated heterocycles. The Bertz CT molecular complexity index is 179. The van der Waals surface area contributed by atoms with Crippen molar-refractivity contribution in [3.63, 3.8) is 0 Å². The average molecular weight is 233 g/mol. The third kappa shape index (κ3) is 3.94. The van der Waals surface area contributed by atoms with Gasteiger partial charge in [-0.25, -0.2) is 0 Å². The second-order valence-corrected chi connectivity index (χ2v) is 5.63. The number of hydrogen-bond donors (Lipinski definition) is 3. The van der Waals surface area contributed by atoms with Gasteiger partial charge in [0.25, 0.3) is 0 Å². The Morgan fingerprint density at radius 1 is 1.40 bits per heavy atom. The van der Waals surface area contributed by atoms with E-state index in [1.165, 1.54) is 0 Å². The molecule has 0 aromatic rings. The van der Waals surface area contributed by atoms with Crippen LogP contribution in [0.5, 0.6) is 0 Å². The normalized spacial score (nSPS) is 24.0. The third-order valence-electron chi connectivity index (χ3n) is 3.33. The predicted molar refractivity (Wildman–Crippen MR) is 65.3 cm³/mol. The second-order valence-electron chi connectivity index (χ2n) is 4.56. The van der Waals surface area contributed by atoms with Gasteiger partial charge in [-0.2, -0.15) is 11.8 Å². The standard InChI is InChI=1S/C11H23NO2S/c1-9(10(7-13)15-2)12-8-11(14)5-3-4-6-11/h9-10,12-14H,3-8H2,1-2H3. The molecular formula is C11H23NO2S. The lowest BCUT2D eigenvalue weighted by Gasteiger charge is -2.28. The Labute approximate surface area is 96.6 Å². The molecule has 0 aromatic carbocycles. The maximum atomic E-state index is 10.1. The molecule has 3 N–H and O–H groups in total. The van der Waals surface area contributed by atoms with E-state index >= 15 is 0 Å². The lowest BCUT2D eigenvalue weighted by atomic mass is 10.0. The predicted octanol–water partition coefficient (Wildman–Crippen LogP) is 0.993. The molecule has 0 bridgehead atoms. The molecule has 0 aromatic heterocycles. The van der Waals surface area contributed by atoms with Crippen LogP contribution < -0.4 is 5.32 Å². The fourth-order valence-electron chi connectivity index (χ4n) is 2.13. The van der Waals surface area contributed by atoms with Crippen molar-refractivity contribution in [3.05, 3.63) is 0 Å². The first-order valence-electron chi connectivity index (χ1n) is 5.71. The van der Waals surface area contributed by atoms with E-state index in [2.05, 4.69) is 12.2 Å². The van der Waals surface area contributed by atoms with Crippen molar-refractivity contribution < 1.29 is 10.2 Å². The molecule has 0 amide bonds. The van der Waals surface area contributed by atoms with Crippen molar-refractivity contribution in [1.29, 1.82) is 0 Å². The average Bonchev–Trinajstić information content (AvgIpc) is 2.65. The third-order valence-corrected chi connectivity index (χ3v) is 4.49. The first kappa shape index (κ1) is 13.3. The topological polar surface area (TPSA) is 52.5 Å². The molecular weight excluding hydrogens is 210 g/mol. The molecule has 90 valence electrons. The van der Waals surface area contributed by atoms with Crippen LogP contribution in [0.4, 0.5) is 0 Å². The van der Waals surface area contributed by atoms with Gasteiger partial charge in [0.15, 0.2) is 0 Å². The summed E-state index contributed by atoms with van der Waals surface area (Å²) in [5.74, 6) is 0. The van der Waals surface area contributed by atoms with Gasteiger partial charge in [0, 0.05) is 17.8 Å². The van der Waals surface area contributed by atoms with Gasteiger partial charge < -0.3 is 15.5 Å². The lowest BCUT2D eigenvalue weighted by Crippen LogP contribution is -2.46. The van der Waals surface area contributed by atoms with Crippen molar-refractivity contribution in [2.24, 2.45) is 0 Å². The number of nitrogens with one attached hydrogen (secondary N) is 1. The Balaban J connectivity index is 2.29. The van der Waals surface area contributed by atoms with Crippen LogP contribution in [-0.4, -0.2) is 46.5 Å². The molecule has 1 fully saturated rings. The maximum absolute atomic E-state index is 10.1. The molecule has 1 rings (SSSR count). The van der Waals surface area contributed by atoms with Crippen molar-refractivity contribution >= 4 is 11.8 Å². The van der Waals surface area contributed by atoms with Gasteiger partial charge in [0.2, 0.25) is 0 Å². The summed E-state index contributed by atoms with van der Waals surface area (Å²) in [6.45, 7) is 2.91. The fourth-order valence-corrected chi connectivity index (χ4v) is 2.78. The van der Waals surface area contributed by atoms with E-state index in [1.807, 2.05) is 6.26 Å². The first-order chi connectivity index (χ1) is 7.11. The molecule has 0 radical (unpaired) electrons. The zero-order valence-corrected chi connectivity index (χ0v) is 10.5. The van der Waals surface area contributed by atoms with Gasteiger partial charge >= 0.3 is 0 Å². The Hall–Kier alpha value is 0.230. The van der Waals surface area contributed by atoms with Crippen LogP contribution in [0.3, 0.4) is 0 Å². The van der Waals surface area contributed by atoms with Crippen LogP contribution in [-0.2, 0) is 0 Å². The van der Waals surface area contributed by atoms with E-state index in [4.69, 9.17) is 5.11 Å². The molecule has 0 spiro atoms. The zero-order valence-electron chi connectivity index (χ0n) is 9.70. The van der Waals surface area contributed by atoms with E-state index in [9.17, 15) is 5.11 Å². The fraction of sp³-hybridized carbons (Fsp3) is 1.00. The van der Waals surface area contributed by atoms with Gasteiger partial charge in [-0.1, -0.05) is 12.8 Å². The minimum atomic E-state index is -0.493. The summed E-state index contributed by atoms with van der Waals surface area (Å²) in [6.07, 6.45) is 6.10. The molecule has 4 heteroatoms. The van der Waals surface area contributed by atoms with Gasteiger partial charge in [-0.05, 0) is 26.0 Å². The number of rotatable bonds is 6. The van der Waals surface area contributed by atoms with Gasteiger partial charge in [-0.15, -0.1) is 0 Å². The van der Waals surface area contributed by atoms with Gasteiger partial charge in [-0.3, -0.25) is 0 Å². The maximum Gasteiger partial charge on any atom is 0.0771 e. The highest BCUT2D eigenvalue weighted by Crippen LogP contribution is 2.28. The SMILES string of the molecule is CSC(CO)C(C)NCC1(O)CCCC1. The summed E-state index contributed by atoms with van der Waals surface area (Å²) >= 11 is 1.67. The first-order valence-corrected chi connectivity index (χ1v) is 6.99. The molecule has 2 atom stereocenters. The van der Waals surface area contributed by atoms with Crippen molar-refractivity contribution in [2.75, 3.05) is 19.4 Å². The van der Waals surface area contributed by atoms with Crippen LogP contribution >= 0.6 is 11.8 Å². The van der Waals surface area contributed by atoms with Crippen molar-refractivity contribution in [1.82, 2.24) is 5.32 Å². The Kier molecular flexibility index (Phi) is 5.39. The second kappa shape index (κ2) is 6.09. The summed E-state index contributed by atoms with van der Waals surface area (Å²) in [7, 11) is 0. The van der Waals surface area contributed by atoms with Gasteiger partial charge in [0.1, 0.15) is 0 Å². The quantitative estimate of drug-likeness (QED) is 0.640.